The topological polar surface area (TPSA) is 46.6 Å². The molecule has 1 unspecified atom stereocenters. The summed E-state index contributed by atoms with van der Waals surface area (Å²) in [5, 5.41) is 2.09. The summed E-state index contributed by atoms with van der Waals surface area (Å²) >= 11 is 1.70. The molecule has 2 aromatic rings. The molecule has 98 valence electrons. The summed E-state index contributed by atoms with van der Waals surface area (Å²) in [5.41, 5.74) is 7.43. The van der Waals surface area contributed by atoms with E-state index in [4.69, 9.17) is 10.7 Å². The first-order valence-corrected chi connectivity index (χ1v) is 7.62. The summed E-state index contributed by atoms with van der Waals surface area (Å²) in [6, 6.07) is 0.228. The van der Waals surface area contributed by atoms with Crippen LogP contribution in [-0.4, -0.2) is 28.5 Å². The largest absolute Gasteiger partial charge is 0.355 e. The van der Waals surface area contributed by atoms with E-state index in [0.29, 0.717) is 0 Å². The van der Waals surface area contributed by atoms with Crippen LogP contribution in [0.15, 0.2) is 11.6 Å². The van der Waals surface area contributed by atoms with E-state index in [1.165, 1.54) is 24.4 Å². The van der Waals surface area contributed by atoms with Gasteiger partial charge in [0.15, 0.2) is 10.8 Å². The zero-order valence-corrected chi connectivity index (χ0v) is 11.6. The van der Waals surface area contributed by atoms with E-state index in [1.807, 2.05) is 0 Å². The first-order valence-electron chi connectivity index (χ1n) is 6.74. The van der Waals surface area contributed by atoms with Crippen molar-refractivity contribution in [2.45, 2.75) is 38.6 Å². The molecule has 1 atom stereocenters. The Bertz CT molecular complexity index is 524. The van der Waals surface area contributed by atoms with E-state index in [9.17, 15) is 0 Å². The number of nitrogens with zero attached hydrogens (tertiary/aromatic N) is 3. The highest BCUT2D eigenvalue weighted by atomic mass is 32.1. The Kier molecular flexibility index (Phi) is 3.26. The van der Waals surface area contributed by atoms with Gasteiger partial charge in [-0.05, 0) is 19.3 Å². The number of hydrogen-bond acceptors (Lipinski definition) is 4. The van der Waals surface area contributed by atoms with Crippen molar-refractivity contribution in [3.8, 4) is 0 Å². The molecule has 0 saturated carbocycles. The lowest BCUT2D eigenvalue weighted by Crippen LogP contribution is -2.25. The number of hydrogen-bond donors (Lipinski definition) is 1. The van der Waals surface area contributed by atoms with Crippen molar-refractivity contribution in [2.75, 3.05) is 18.0 Å². The number of aromatic nitrogens is 2. The molecule has 1 fully saturated rings. The lowest BCUT2D eigenvalue weighted by Gasteiger charge is -2.18. The van der Waals surface area contributed by atoms with Gasteiger partial charge >= 0.3 is 0 Å². The second-order valence-electron chi connectivity index (χ2n) is 5.00. The van der Waals surface area contributed by atoms with Gasteiger partial charge in [-0.15, -0.1) is 11.3 Å². The van der Waals surface area contributed by atoms with E-state index in [0.717, 1.165) is 30.9 Å². The highest BCUT2D eigenvalue weighted by Crippen LogP contribution is 2.28. The molecule has 0 spiro atoms. The number of thiazole rings is 1. The van der Waals surface area contributed by atoms with Crippen LogP contribution in [0.5, 0.6) is 0 Å². The van der Waals surface area contributed by atoms with Crippen LogP contribution in [0.2, 0.25) is 0 Å². The summed E-state index contributed by atoms with van der Waals surface area (Å²) in [7, 11) is 0. The Hall–Kier alpha value is -1.07. The standard InChI is InChI=1S/C13H20N4S/c1-2-10(14)9-11-12(16-5-3-4-6-16)15-13-17(11)7-8-18-13/h7-8,10H,2-6,9,14H2,1H3. The van der Waals surface area contributed by atoms with E-state index in [1.54, 1.807) is 11.3 Å². The molecule has 0 radical (unpaired) electrons. The van der Waals surface area contributed by atoms with Crippen LogP contribution in [0.25, 0.3) is 4.96 Å². The minimum Gasteiger partial charge on any atom is -0.355 e. The van der Waals surface area contributed by atoms with Gasteiger partial charge in [0, 0.05) is 37.1 Å². The maximum absolute atomic E-state index is 6.14. The van der Waals surface area contributed by atoms with Crippen LogP contribution in [0, 0.1) is 0 Å². The maximum Gasteiger partial charge on any atom is 0.195 e. The Balaban J connectivity index is 2.00. The molecule has 0 bridgehead atoms. The van der Waals surface area contributed by atoms with Crippen LogP contribution < -0.4 is 10.6 Å². The van der Waals surface area contributed by atoms with Crippen molar-refractivity contribution < 1.29 is 0 Å². The molecule has 0 amide bonds. The van der Waals surface area contributed by atoms with E-state index in [-0.39, 0.29) is 6.04 Å². The van der Waals surface area contributed by atoms with Crippen LogP contribution in [0.4, 0.5) is 5.82 Å². The molecule has 5 heteroatoms. The Morgan fingerprint density at radius 3 is 2.94 bits per heavy atom. The zero-order valence-electron chi connectivity index (χ0n) is 10.8. The third-order valence-electron chi connectivity index (χ3n) is 3.73. The van der Waals surface area contributed by atoms with Crippen molar-refractivity contribution in [3.05, 3.63) is 17.3 Å². The minimum absolute atomic E-state index is 0.228. The number of rotatable bonds is 4. The fraction of sp³-hybridized carbons (Fsp3) is 0.615. The Labute approximate surface area is 111 Å². The fourth-order valence-corrected chi connectivity index (χ4v) is 3.31. The second-order valence-corrected chi connectivity index (χ2v) is 5.88. The molecule has 2 N–H and O–H groups in total. The maximum atomic E-state index is 6.14. The van der Waals surface area contributed by atoms with Gasteiger partial charge in [-0.3, -0.25) is 4.40 Å². The summed E-state index contributed by atoms with van der Waals surface area (Å²) in [4.78, 5) is 8.30. The molecule has 0 aromatic carbocycles. The SMILES string of the molecule is CCC(N)Cc1c(N2CCCC2)nc2sccn12. The Morgan fingerprint density at radius 2 is 2.22 bits per heavy atom. The van der Waals surface area contributed by atoms with Gasteiger partial charge in [-0.25, -0.2) is 4.98 Å². The minimum atomic E-state index is 0.228. The normalized spacial score (nSPS) is 17.8. The van der Waals surface area contributed by atoms with E-state index >= 15 is 0 Å². The van der Waals surface area contributed by atoms with E-state index in [2.05, 4.69) is 27.8 Å². The molecule has 0 aliphatic carbocycles. The highest BCUT2D eigenvalue weighted by molar-refractivity contribution is 7.15. The number of imidazole rings is 1. The first-order chi connectivity index (χ1) is 8.79. The number of fused-ring (bicyclic) bond motifs is 1. The fourth-order valence-electron chi connectivity index (χ4n) is 2.59. The number of anilines is 1. The average molecular weight is 264 g/mol. The average Bonchev–Trinajstić information content (AvgIpc) is 3.05. The smallest absolute Gasteiger partial charge is 0.195 e. The van der Waals surface area contributed by atoms with Gasteiger partial charge in [0.2, 0.25) is 0 Å². The van der Waals surface area contributed by atoms with Gasteiger partial charge in [0.05, 0.1) is 5.69 Å². The van der Waals surface area contributed by atoms with Gasteiger partial charge in [-0.2, -0.15) is 0 Å². The van der Waals surface area contributed by atoms with Crippen LogP contribution >= 0.6 is 11.3 Å². The summed E-state index contributed by atoms with van der Waals surface area (Å²) < 4.78 is 2.22. The molecular formula is C13H20N4S. The lowest BCUT2D eigenvalue weighted by atomic mass is 10.1. The summed E-state index contributed by atoms with van der Waals surface area (Å²) in [6.45, 7) is 4.42. The first kappa shape index (κ1) is 12.0. The molecule has 1 saturated heterocycles. The van der Waals surface area contributed by atoms with Gasteiger partial charge in [-0.1, -0.05) is 6.92 Å². The van der Waals surface area contributed by atoms with Crippen molar-refractivity contribution in [1.29, 1.82) is 0 Å². The molecule has 3 heterocycles. The number of nitrogens with two attached hydrogens (primary N) is 1. The summed E-state index contributed by atoms with van der Waals surface area (Å²) in [6.07, 6.45) is 6.61. The van der Waals surface area contributed by atoms with Crippen molar-refractivity contribution in [3.63, 3.8) is 0 Å². The van der Waals surface area contributed by atoms with Crippen LogP contribution in [0.3, 0.4) is 0 Å². The second kappa shape index (κ2) is 4.90. The van der Waals surface area contributed by atoms with Crippen molar-refractivity contribution in [1.82, 2.24) is 9.38 Å². The highest BCUT2D eigenvalue weighted by Gasteiger charge is 2.22. The quantitative estimate of drug-likeness (QED) is 0.921. The third kappa shape index (κ3) is 2.01. The molecule has 3 rings (SSSR count). The van der Waals surface area contributed by atoms with Crippen LogP contribution in [-0.2, 0) is 6.42 Å². The summed E-state index contributed by atoms with van der Waals surface area (Å²) in [5.74, 6) is 1.17. The van der Waals surface area contributed by atoms with Crippen LogP contribution in [0.1, 0.15) is 31.9 Å². The molecule has 18 heavy (non-hydrogen) atoms. The third-order valence-corrected chi connectivity index (χ3v) is 4.48. The molecule has 1 aliphatic heterocycles. The molecule has 2 aromatic heterocycles. The van der Waals surface area contributed by atoms with Gasteiger partial charge in [0.25, 0.3) is 0 Å². The molecular weight excluding hydrogens is 244 g/mol. The van der Waals surface area contributed by atoms with Gasteiger partial charge in [0.1, 0.15) is 0 Å². The monoisotopic (exact) mass is 264 g/mol. The van der Waals surface area contributed by atoms with E-state index < -0.39 is 0 Å². The van der Waals surface area contributed by atoms with Crippen molar-refractivity contribution >= 4 is 22.1 Å². The lowest BCUT2D eigenvalue weighted by molar-refractivity contribution is 0.633. The molecule has 4 nitrogen and oxygen atoms in total. The molecule has 1 aliphatic rings. The van der Waals surface area contributed by atoms with Crippen molar-refractivity contribution in [2.24, 2.45) is 5.73 Å². The predicted octanol–water partition coefficient (Wildman–Crippen LogP) is 2.28. The Morgan fingerprint density at radius 1 is 1.44 bits per heavy atom. The van der Waals surface area contributed by atoms with Gasteiger partial charge < -0.3 is 10.6 Å². The predicted molar refractivity (Wildman–Crippen MR) is 76.5 cm³/mol. The zero-order chi connectivity index (χ0) is 12.5.